The molecule has 0 amide bonds. The van der Waals surface area contributed by atoms with Gasteiger partial charge < -0.3 is 4.90 Å². The van der Waals surface area contributed by atoms with E-state index >= 15 is 0 Å². The van der Waals surface area contributed by atoms with Gasteiger partial charge >= 0.3 is 0 Å². The molecule has 0 saturated heterocycles. The summed E-state index contributed by atoms with van der Waals surface area (Å²) in [7, 11) is 0. The maximum atomic E-state index is 4.58. The molecule has 1 saturated carbocycles. The van der Waals surface area contributed by atoms with Crippen LogP contribution in [0.5, 0.6) is 0 Å². The molecule has 2 heterocycles. The number of alkyl halides is 1. The van der Waals surface area contributed by atoms with Crippen LogP contribution in [0, 0.1) is 0 Å². The predicted molar refractivity (Wildman–Crippen MR) is 85.4 cm³/mol. The summed E-state index contributed by atoms with van der Waals surface area (Å²) in [6.45, 7) is 1.02. The average molecular weight is 340 g/mol. The van der Waals surface area contributed by atoms with Crippen LogP contribution >= 0.6 is 27.3 Å². The lowest BCUT2D eigenvalue weighted by Crippen LogP contribution is -2.38. The first-order valence-electron chi connectivity index (χ1n) is 6.91. The van der Waals surface area contributed by atoms with Gasteiger partial charge in [-0.15, -0.1) is 11.3 Å². The van der Waals surface area contributed by atoms with Crippen molar-refractivity contribution >= 4 is 43.3 Å². The quantitative estimate of drug-likeness (QED) is 0.780. The van der Waals surface area contributed by atoms with Gasteiger partial charge in [0.1, 0.15) is 12.1 Å². The van der Waals surface area contributed by atoms with Gasteiger partial charge in [-0.05, 0) is 24.3 Å². The van der Waals surface area contributed by atoms with Crippen molar-refractivity contribution in [3.05, 3.63) is 17.8 Å². The normalized spacial score (nSPS) is 16.9. The van der Waals surface area contributed by atoms with E-state index in [-0.39, 0.29) is 0 Å². The van der Waals surface area contributed by atoms with Crippen molar-refractivity contribution in [1.82, 2.24) is 9.97 Å². The lowest BCUT2D eigenvalue weighted by Gasteiger charge is -2.35. The number of nitrogens with zero attached hydrogens (tertiary/aromatic N) is 3. The molecule has 0 unspecified atom stereocenters. The largest absolute Gasteiger partial charge is 0.352 e. The van der Waals surface area contributed by atoms with Crippen molar-refractivity contribution in [2.45, 2.75) is 38.1 Å². The summed E-state index contributed by atoms with van der Waals surface area (Å²) >= 11 is 5.34. The zero-order valence-corrected chi connectivity index (χ0v) is 13.3. The molecule has 5 heteroatoms. The fourth-order valence-corrected chi connectivity index (χ4v) is 4.16. The van der Waals surface area contributed by atoms with Crippen molar-refractivity contribution in [2.24, 2.45) is 0 Å². The lowest BCUT2D eigenvalue weighted by molar-refractivity contribution is 0.417. The van der Waals surface area contributed by atoms with Gasteiger partial charge in [0.05, 0.1) is 10.2 Å². The third kappa shape index (κ3) is 2.77. The van der Waals surface area contributed by atoms with E-state index in [1.165, 1.54) is 36.8 Å². The molecule has 2 aromatic heterocycles. The Kier molecular flexibility index (Phi) is 4.33. The Balaban J connectivity index is 1.96. The minimum Gasteiger partial charge on any atom is -0.352 e. The Morgan fingerprint density at radius 3 is 2.89 bits per heavy atom. The van der Waals surface area contributed by atoms with Crippen LogP contribution in [0.4, 0.5) is 5.82 Å². The van der Waals surface area contributed by atoms with Gasteiger partial charge in [0.15, 0.2) is 0 Å². The number of fused-ring (bicyclic) bond motifs is 1. The smallest absolute Gasteiger partial charge is 0.150 e. The van der Waals surface area contributed by atoms with Crippen LogP contribution < -0.4 is 4.90 Å². The lowest BCUT2D eigenvalue weighted by atomic mass is 9.94. The minimum atomic E-state index is 0.645. The fourth-order valence-electron chi connectivity index (χ4n) is 2.93. The highest BCUT2D eigenvalue weighted by Crippen LogP contribution is 2.32. The summed E-state index contributed by atoms with van der Waals surface area (Å²) < 4.78 is 1.23. The molecule has 0 spiro atoms. The summed E-state index contributed by atoms with van der Waals surface area (Å²) in [5.74, 6) is 1.13. The van der Waals surface area contributed by atoms with Crippen LogP contribution in [0.15, 0.2) is 17.8 Å². The first-order chi connectivity index (χ1) is 9.40. The summed E-state index contributed by atoms with van der Waals surface area (Å²) in [5, 5.41) is 3.09. The van der Waals surface area contributed by atoms with Crippen molar-refractivity contribution in [2.75, 3.05) is 16.8 Å². The molecule has 0 bridgehead atoms. The summed E-state index contributed by atoms with van der Waals surface area (Å²) in [6, 6.07) is 2.73. The third-order valence-corrected chi connectivity index (χ3v) is 5.09. The average Bonchev–Trinajstić information content (AvgIpc) is 2.94. The zero-order chi connectivity index (χ0) is 13.1. The Morgan fingerprint density at radius 1 is 1.26 bits per heavy atom. The molecule has 0 aromatic carbocycles. The molecule has 0 N–H and O–H groups in total. The van der Waals surface area contributed by atoms with Gasteiger partial charge in [-0.25, -0.2) is 9.97 Å². The Hall–Kier alpha value is -0.680. The van der Waals surface area contributed by atoms with E-state index in [0.29, 0.717) is 6.04 Å². The van der Waals surface area contributed by atoms with Gasteiger partial charge in [-0.3, -0.25) is 0 Å². The molecule has 1 aliphatic carbocycles. The van der Waals surface area contributed by atoms with Gasteiger partial charge in [0.2, 0.25) is 0 Å². The summed E-state index contributed by atoms with van der Waals surface area (Å²) in [4.78, 5) is 11.4. The maximum absolute atomic E-state index is 4.58. The molecular weight excluding hydrogens is 322 g/mol. The van der Waals surface area contributed by atoms with E-state index in [1.807, 2.05) is 0 Å². The fraction of sp³-hybridized carbons (Fsp3) is 0.571. The first-order valence-corrected chi connectivity index (χ1v) is 8.91. The molecular formula is C14H18BrN3S. The molecule has 1 fully saturated rings. The topological polar surface area (TPSA) is 29.0 Å². The maximum Gasteiger partial charge on any atom is 0.150 e. The molecule has 3 nitrogen and oxygen atoms in total. The summed E-state index contributed by atoms with van der Waals surface area (Å²) in [5.41, 5.74) is 1.07. The van der Waals surface area contributed by atoms with Crippen molar-refractivity contribution < 1.29 is 0 Å². The number of halogens is 1. The monoisotopic (exact) mass is 339 g/mol. The second kappa shape index (κ2) is 6.18. The van der Waals surface area contributed by atoms with Crippen LogP contribution in [0.3, 0.4) is 0 Å². The molecule has 2 aromatic rings. The van der Waals surface area contributed by atoms with Crippen LogP contribution in [-0.4, -0.2) is 27.9 Å². The minimum absolute atomic E-state index is 0.645. The first kappa shape index (κ1) is 13.3. The van der Waals surface area contributed by atoms with E-state index in [4.69, 9.17) is 0 Å². The zero-order valence-electron chi connectivity index (χ0n) is 10.9. The van der Waals surface area contributed by atoms with Crippen molar-refractivity contribution in [3.63, 3.8) is 0 Å². The molecule has 102 valence electrons. The molecule has 0 radical (unpaired) electrons. The van der Waals surface area contributed by atoms with Crippen LogP contribution in [0.25, 0.3) is 10.2 Å². The Morgan fingerprint density at radius 2 is 2.11 bits per heavy atom. The molecule has 0 atom stereocenters. The highest BCUT2D eigenvalue weighted by atomic mass is 79.9. The predicted octanol–water partition coefficient (Wildman–Crippen LogP) is 4.23. The van der Waals surface area contributed by atoms with E-state index in [9.17, 15) is 0 Å². The second-order valence-corrected chi connectivity index (χ2v) is 6.72. The highest BCUT2D eigenvalue weighted by molar-refractivity contribution is 9.09. The van der Waals surface area contributed by atoms with Crippen molar-refractivity contribution in [3.8, 4) is 0 Å². The number of rotatable bonds is 4. The van der Waals surface area contributed by atoms with Crippen LogP contribution in [-0.2, 0) is 0 Å². The SMILES string of the molecule is BrCCN(c1ncnc2ccsc12)C1CCCCC1. The standard InChI is InChI=1S/C14H18BrN3S/c15-7-8-18(11-4-2-1-3-5-11)14-13-12(6-9-19-13)16-10-17-14/h6,9-11H,1-5,7-8H2. The number of thiophene rings is 1. The number of hydrogen-bond donors (Lipinski definition) is 0. The Bertz CT molecular complexity index is 536. The third-order valence-electron chi connectivity index (χ3n) is 3.84. The summed E-state index contributed by atoms with van der Waals surface area (Å²) in [6.07, 6.45) is 8.38. The van der Waals surface area contributed by atoms with Gasteiger partial charge in [-0.1, -0.05) is 35.2 Å². The van der Waals surface area contributed by atoms with Crippen LogP contribution in [0.2, 0.25) is 0 Å². The molecule has 0 aliphatic heterocycles. The van der Waals surface area contributed by atoms with E-state index in [2.05, 4.69) is 42.2 Å². The highest BCUT2D eigenvalue weighted by Gasteiger charge is 2.23. The van der Waals surface area contributed by atoms with Crippen molar-refractivity contribution in [1.29, 1.82) is 0 Å². The number of hydrogen-bond acceptors (Lipinski definition) is 4. The number of anilines is 1. The van der Waals surface area contributed by atoms with Gasteiger partial charge in [-0.2, -0.15) is 0 Å². The van der Waals surface area contributed by atoms with E-state index in [0.717, 1.165) is 23.2 Å². The van der Waals surface area contributed by atoms with E-state index in [1.54, 1.807) is 17.7 Å². The van der Waals surface area contributed by atoms with Crippen LogP contribution in [0.1, 0.15) is 32.1 Å². The molecule has 1 aliphatic rings. The Labute approximate surface area is 126 Å². The van der Waals surface area contributed by atoms with Gasteiger partial charge in [0.25, 0.3) is 0 Å². The molecule has 3 rings (SSSR count). The molecule has 19 heavy (non-hydrogen) atoms. The van der Waals surface area contributed by atoms with Gasteiger partial charge in [0, 0.05) is 17.9 Å². The van der Waals surface area contributed by atoms with E-state index < -0.39 is 0 Å². The second-order valence-electron chi connectivity index (χ2n) is 5.01. The number of aromatic nitrogens is 2.